The van der Waals surface area contributed by atoms with Gasteiger partial charge >= 0.3 is 0 Å². The molecular weight excluding hydrogens is 413 g/mol. The van der Waals surface area contributed by atoms with Crippen molar-refractivity contribution in [2.75, 3.05) is 7.11 Å². The minimum Gasteiger partial charge on any atom is -0.496 e. The summed E-state index contributed by atoms with van der Waals surface area (Å²) in [5, 5.41) is 4.43. The van der Waals surface area contributed by atoms with Crippen LogP contribution in [0.1, 0.15) is 16.7 Å². The maximum absolute atomic E-state index is 6.20. The first-order valence-electron chi connectivity index (χ1n) is 8.64. The molecular formula is C22H19Cl2NO2S. The van der Waals surface area contributed by atoms with Gasteiger partial charge in [-0.3, -0.25) is 0 Å². The molecule has 0 saturated carbocycles. The number of hydrogen-bond donors (Lipinski definition) is 1. The molecule has 3 aromatic carbocycles. The third kappa shape index (κ3) is 5.16. The Morgan fingerprint density at radius 1 is 0.964 bits per heavy atom. The summed E-state index contributed by atoms with van der Waals surface area (Å²) >= 11 is 17.9. The van der Waals surface area contributed by atoms with E-state index in [-0.39, 0.29) is 6.61 Å². The van der Waals surface area contributed by atoms with Gasteiger partial charge in [0.05, 0.1) is 7.11 Å². The number of benzene rings is 3. The molecule has 3 aromatic rings. The molecule has 0 aliphatic carbocycles. The molecule has 0 fully saturated rings. The van der Waals surface area contributed by atoms with Crippen LogP contribution in [0.15, 0.2) is 66.7 Å². The number of ether oxygens (including phenoxy) is 2. The fourth-order valence-corrected chi connectivity index (χ4v) is 3.39. The van der Waals surface area contributed by atoms with Gasteiger partial charge < -0.3 is 14.8 Å². The summed E-state index contributed by atoms with van der Waals surface area (Å²) in [6.45, 7) is 0.854. The Kier molecular flexibility index (Phi) is 7.15. The van der Waals surface area contributed by atoms with Crippen molar-refractivity contribution in [1.29, 1.82) is 0 Å². The van der Waals surface area contributed by atoms with E-state index in [0.29, 0.717) is 27.3 Å². The first-order chi connectivity index (χ1) is 13.6. The minimum absolute atomic E-state index is 0.281. The van der Waals surface area contributed by atoms with Crippen molar-refractivity contribution in [2.24, 2.45) is 0 Å². The van der Waals surface area contributed by atoms with Crippen molar-refractivity contribution in [3.8, 4) is 11.5 Å². The Hall–Kier alpha value is -2.27. The highest BCUT2D eigenvalue weighted by Crippen LogP contribution is 2.26. The van der Waals surface area contributed by atoms with Crippen LogP contribution in [0.25, 0.3) is 0 Å². The van der Waals surface area contributed by atoms with Gasteiger partial charge in [0.15, 0.2) is 0 Å². The predicted molar refractivity (Wildman–Crippen MR) is 119 cm³/mol. The van der Waals surface area contributed by atoms with Crippen molar-refractivity contribution in [3.63, 3.8) is 0 Å². The Morgan fingerprint density at radius 3 is 2.43 bits per heavy atom. The van der Waals surface area contributed by atoms with E-state index in [1.165, 1.54) is 0 Å². The highest BCUT2D eigenvalue weighted by molar-refractivity contribution is 7.80. The lowest BCUT2D eigenvalue weighted by Crippen LogP contribution is -2.22. The normalized spacial score (nSPS) is 10.4. The van der Waals surface area contributed by atoms with Gasteiger partial charge in [0, 0.05) is 33.3 Å². The van der Waals surface area contributed by atoms with Gasteiger partial charge in [0.1, 0.15) is 23.1 Å². The molecule has 0 aromatic heterocycles. The molecule has 0 aliphatic rings. The summed E-state index contributed by atoms with van der Waals surface area (Å²) in [6, 6.07) is 20.8. The van der Waals surface area contributed by atoms with E-state index in [1.54, 1.807) is 25.3 Å². The Bertz CT molecular complexity index is 958. The van der Waals surface area contributed by atoms with Gasteiger partial charge in [0.25, 0.3) is 0 Å². The van der Waals surface area contributed by atoms with Gasteiger partial charge in [-0.15, -0.1) is 0 Å². The summed E-state index contributed by atoms with van der Waals surface area (Å²) in [5.41, 5.74) is 2.66. The van der Waals surface area contributed by atoms with E-state index in [0.717, 1.165) is 22.4 Å². The number of methoxy groups -OCH3 is 1. The van der Waals surface area contributed by atoms with Crippen LogP contribution in [-0.4, -0.2) is 12.1 Å². The van der Waals surface area contributed by atoms with Gasteiger partial charge in [-0.05, 0) is 30.3 Å². The van der Waals surface area contributed by atoms with Crippen molar-refractivity contribution >= 4 is 40.4 Å². The quantitative estimate of drug-likeness (QED) is 0.461. The molecule has 0 unspecified atom stereocenters. The standard InChI is InChI=1S/C22H19Cl2NO2S/c1-26-21-11-3-2-6-16(21)13-25-22(28)15-7-4-8-17(12-15)27-14-18-19(23)9-5-10-20(18)24/h2-12H,13-14H2,1H3,(H,25,28). The second kappa shape index (κ2) is 9.78. The summed E-state index contributed by atoms with van der Waals surface area (Å²) < 4.78 is 11.2. The van der Waals surface area contributed by atoms with E-state index in [4.69, 9.17) is 44.9 Å². The first-order valence-corrected chi connectivity index (χ1v) is 9.80. The lowest BCUT2D eigenvalue weighted by molar-refractivity contribution is 0.306. The SMILES string of the molecule is COc1ccccc1CNC(=S)c1cccc(OCc2c(Cl)cccc2Cl)c1. The first kappa shape index (κ1) is 20.5. The van der Waals surface area contributed by atoms with Crippen LogP contribution in [-0.2, 0) is 13.2 Å². The van der Waals surface area contributed by atoms with Crippen LogP contribution in [0.3, 0.4) is 0 Å². The monoisotopic (exact) mass is 431 g/mol. The molecule has 144 valence electrons. The lowest BCUT2D eigenvalue weighted by Gasteiger charge is -2.13. The topological polar surface area (TPSA) is 30.5 Å². The molecule has 3 rings (SSSR count). The lowest BCUT2D eigenvalue weighted by atomic mass is 10.1. The van der Waals surface area contributed by atoms with Crippen molar-refractivity contribution in [3.05, 3.63) is 93.5 Å². The fourth-order valence-electron chi connectivity index (χ4n) is 2.68. The van der Waals surface area contributed by atoms with E-state index in [9.17, 15) is 0 Å². The molecule has 0 spiro atoms. The smallest absolute Gasteiger partial charge is 0.123 e. The zero-order chi connectivity index (χ0) is 19.9. The molecule has 0 amide bonds. The largest absolute Gasteiger partial charge is 0.496 e. The molecule has 0 heterocycles. The predicted octanol–water partition coefficient (Wildman–Crippen LogP) is 6.05. The van der Waals surface area contributed by atoms with Crippen molar-refractivity contribution in [2.45, 2.75) is 13.2 Å². The fraction of sp³-hybridized carbons (Fsp3) is 0.136. The minimum atomic E-state index is 0.281. The highest BCUT2D eigenvalue weighted by Gasteiger charge is 2.08. The van der Waals surface area contributed by atoms with Crippen molar-refractivity contribution < 1.29 is 9.47 Å². The second-order valence-electron chi connectivity index (χ2n) is 6.01. The maximum Gasteiger partial charge on any atom is 0.123 e. The van der Waals surface area contributed by atoms with E-state index in [1.807, 2.05) is 48.5 Å². The Morgan fingerprint density at radius 2 is 1.68 bits per heavy atom. The van der Waals surface area contributed by atoms with Gasteiger partial charge in [-0.2, -0.15) is 0 Å². The molecule has 0 saturated heterocycles. The van der Waals surface area contributed by atoms with Crippen molar-refractivity contribution in [1.82, 2.24) is 5.32 Å². The summed E-state index contributed by atoms with van der Waals surface area (Å²) in [4.78, 5) is 0.632. The zero-order valence-electron chi connectivity index (χ0n) is 15.2. The van der Waals surface area contributed by atoms with Crippen LogP contribution in [0, 0.1) is 0 Å². The molecule has 0 radical (unpaired) electrons. The van der Waals surface area contributed by atoms with E-state index >= 15 is 0 Å². The molecule has 0 aliphatic heterocycles. The number of hydrogen-bond acceptors (Lipinski definition) is 3. The average Bonchev–Trinajstić information content (AvgIpc) is 2.72. The number of halogens is 2. The Labute approximate surface area is 180 Å². The molecule has 1 N–H and O–H groups in total. The van der Waals surface area contributed by atoms with E-state index in [2.05, 4.69) is 5.32 Å². The summed E-state index contributed by atoms with van der Waals surface area (Å²) in [6.07, 6.45) is 0. The van der Waals surface area contributed by atoms with Crippen LogP contribution >= 0.6 is 35.4 Å². The molecule has 3 nitrogen and oxygen atoms in total. The number of rotatable bonds is 7. The molecule has 28 heavy (non-hydrogen) atoms. The number of nitrogens with one attached hydrogen (secondary N) is 1. The number of para-hydroxylation sites is 1. The third-order valence-corrected chi connectivity index (χ3v) is 5.26. The van der Waals surface area contributed by atoms with Gasteiger partial charge in [-0.1, -0.05) is 71.8 Å². The van der Waals surface area contributed by atoms with Crippen LogP contribution in [0.5, 0.6) is 11.5 Å². The molecule has 6 heteroatoms. The van der Waals surface area contributed by atoms with Crippen LogP contribution in [0.4, 0.5) is 0 Å². The Balaban J connectivity index is 1.64. The van der Waals surface area contributed by atoms with Crippen LogP contribution in [0.2, 0.25) is 10.0 Å². The maximum atomic E-state index is 6.20. The summed E-state index contributed by atoms with van der Waals surface area (Å²) in [5.74, 6) is 1.52. The van der Waals surface area contributed by atoms with E-state index < -0.39 is 0 Å². The summed E-state index contributed by atoms with van der Waals surface area (Å²) in [7, 11) is 1.66. The van der Waals surface area contributed by atoms with Gasteiger partial charge in [0.2, 0.25) is 0 Å². The zero-order valence-corrected chi connectivity index (χ0v) is 17.6. The second-order valence-corrected chi connectivity index (χ2v) is 7.23. The molecule has 0 atom stereocenters. The van der Waals surface area contributed by atoms with Gasteiger partial charge in [-0.25, -0.2) is 0 Å². The average molecular weight is 432 g/mol. The molecule has 0 bridgehead atoms. The van der Waals surface area contributed by atoms with Crippen LogP contribution < -0.4 is 14.8 Å². The third-order valence-electron chi connectivity index (χ3n) is 4.17. The number of thiocarbonyl (C=S) groups is 1. The highest BCUT2D eigenvalue weighted by atomic mass is 35.5.